The molecule has 1 N–H and O–H groups in total. The molecule has 0 bridgehead atoms. The molecule has 1 heterocycles. The number of carbonyl (C=O) groups is 1. The second-order valence-corrected chi connectivity index (χ2v) is 6.06. The molecule has 0 saturated carbocycles. The second kappa shape index (κ2) is 8.35. The van der Waals surface area contributed by atoms with Crippen molar-refractivity contribution in [2.75, 3.05) is 11.9 Å². The Kier molecular flexibility index (Phi) is 5.71. The highest BCUT2D eigenvalue weighted by atomic mass is 16.6. The molecule has 0 saturated heterocycles. The van der Waals surface area contributed by atoms with E-state index < -0.39 is 0 Å². The third-order valence-corrected chi connectivity index (χ3v) is 3.65. The maximum absolute atomic E-state index is 12.5. The number of anilines is 1. The van der Waals surface area contributed by atoms with Crippen LogP contribution in [-0.2, 0) is 0 Å². The van der Waals surface area contributed by atoms with Crippen LogP contribution in [0.2, 0.25) is 0 Å². The molecule has 0 atom stereocenters. The maximum Gasteiger partial charge on any atom is 0.256 e. The summed E-state index contributed by atoms with van der Waals surface area (Å²) >= 11 is 0. The summed E-state index contributed by atoms with van der Waals surface area (Å²) in [7, 11) is 0. The Morgan fingerprint density at radius 2 is 1.70 bits per heavy atom. The smallest absolute Gasteiger partial charge is 0.256 e. The van der Waals surface area contributed by atoms with Crippen molar-refractivity contribution < 1.29 is 18.9 Å². The van der Waals surface area contributed by atoms with Gasteiger partial charge in [-0.2, -0.15) is 0 Å². The summed E-state index contributed by atoms with van der Waals surface area (Å²) in [6, 6.07) is 14.2. The van der Waals surface area contributed by atoms with Gasteiger partial charge in [-0.05, 0) is 79.6 Å². The minimum atomic E-state index is -0.311. The number of benzene rings is 2. The van der Waals surface area contributed by atoms with Crippen molar-refractivity contribution in [3.8, 4) is 22.8 Å². The normalized spacial score (nSPS) is 10.7. The van der Waals surface area contributed by atoms with E-state index in [9.17, 15) is 4.79 Å². The van der Waals surface area contributed by atoms with Crippen molar-refractivity contribution in [1.29, 1.82) is 0 Å². The topological polar surface area (TPSA) is 86.5 Å². The van der Waals surface area contributed by atoms with E-state index in [0.29, 0.717) is 23.6 Å². The van der Waals surface area contributed by atoms with E-state index in [1.54, 1.807) is 24.3 Å². The molecule has 3 rings (SSSR count). The number of hydrogen-bond acceptors (Lipinski definition) is 6. The minimum absolute atomic E-state index is 0.0718. The fourth-order valence-corrected chi connectivity index (χ4v) is 2.47. The van der Waals surface area contributed by atoms with Crippen molar-refractivity contribution in [1.82, 2.24) is 10.3 Å². The largest absolute Gasteiger partial charge is 0.494 e. The lowest BCUT2D eigenvalue weighted by Gasteiger charge is -2.10. The molecule has 0 aliphatic rings. The van der Waals surface area contributed by atoms with Crippen LogP contribution >= 0.6 is 0 Å². The fraction of sp³-hybridized carbons (Fsp3) is 0.250. The van der Waals surface area contributed by atoms with E-state index in [0.717, 1.165) is 11.3 Å². The zero-order valence-corrected chi connectivity index (χ0v) is 15.4. The van der Waals surface area contributed by atoms with Crippen LogP contribution in [0.5, 0.6) is 11.5 Å². The lowest BCUT2D eigenvalue weighted by molar-refractivity contribution is 0.102. The second-order valence-electron chi connectivity index (χ2n) is 6.06. The first kappa shape index (κ1) is 18.4. The maximum atomic E-state index is 12.5. The van der Waals surface area contributed by atoms with Crippen molar-refractivity contribution in [3.63, 3.8) is 0 Å². The molecular formula is C20H21N3O4. The summed E-state index contributed by atoms with van der Waals surface area (Å²) in [6.07, 6.45) is 0.0718. The van der Waals surface area contributed by atoms with Gasteiger partial charge >= 0.3 is 0 Å². The molecule has 0 unspecified atom stereocenters. The monoisotopic (exact) mass is 367 g/mol. The Bertz CT molecular complexity index is 886. The van der Waals surface area contributed by atoms with Crippen LogP contribution in [0.25, 0.3) is 11.3 Å². The number of aromatic nitrogens is 2. The van der Waals surface area contributed by atoms with Gasteiger partial charge in [-0.15, -0.1) is 0 Å². The van der Waals surface area contributed by atoms with Crippen LogP contribution in [-0.4, -0.2) is 28.9 Å². The SMILES string of the molecule is CCOc1ccc(-c2nonc2NC(=O)c2ccc(OC(C)C)cc2)cc1. The van der Waals surface area contributed by atoms with E-state index in [4.69, 9.17) is 14.1 Å². The van der Waals surface area contributed by atoms with Gasteiger partial charge < -0.3 is 14.8 Å². The standard InChI is InChI=1S/C20H21N3O4/c1-4-25-16-9-5-14(6-10-16)18-19(23-27-22-18)21-20(24)15-7-11-17(12-8-15)26-13(2)3/h5-13H,4H2,1-3H3,(H,21,23,24). The third kappa shape index (κ3) is 4.63. The molecule has 0 radical (unpaired) electrons. The van der Waals surface area contributed by atoms with Crippen molar-refractivity contribution in [3.05, 3.63) is 54.1 Å². The lowest BCUT2D eigenvalue weighted by Crippen LogP contribution is -2.13. The molecule has 0 aliphatic heterocycles. The van der Waals surface area contributed by atoms with Gasteiger partial charge in [-0.1, -0.05) is 0 Å². The van der Waals surface area contributed by atoms with E-state index in [1.807, 2.05) is 45.0 Å². The number of amides is 1. The van der Waals surface area contributed by atoms with Gasteiger partial charge in [0.05, 0.1) is 12.7 Å². The Hall–Kier alpha value is -3.35. The van der Waals surface area contributed by atoms with Crippen LogP contribution < -0.4 is 14.8 Å². The van der Waals surface area contributed by atoms with Crippen LogP contribution in [0.1, 0.15) is 31.1 Å². The van der Waals surface area contributed by atoms with Crippen LogP contribution in [0.4, 0.5) is 5.82 Å². The molecule has 140 valence electrons. The molecule has 2 aromatic carbocycles. The van der Waals surface area contributed by atoms with Crippen LogP contribution in [0.15, 0.2) is 53.2 Å². The van der Waals surface area contributed by atoms with Gasteiger partial charge in [-0.25, -0.2) is 4.63 Å². The van der Waals surface area contributed by atoms with Crippen molar-refractivity contribution in [2.24, 2.45) is 0 Å². The van der Waals surface area contributed by atoms with Crippen LogP contribution in [0.3, 0.4) is 0 Å². The Balaban J connectivity index is 1.73. The Labute approximate surface area is 157 Å². The zero-order valence-electron chi connectivity index (χ0n) is 15.4. The number of rotatable bonds is 7. The van der Waals surface area contributed by atoms with Crippen LogP contribution in [0, 0.1) is 0 Å². The highest BCUT2D eigenvalue weighted by Crippen LogP contribution is 2.26. The van der Waals surface area contributed by atoms with Gasteiger partial charge in [0.1, 0.15) is 11.5 Å². The molecular weight excluding hydrogens is 346 g/mol. The van der Waals surface area contributed by atoms with Gasteiger partial charge in [0.25, 0.3) is 5.91 Å². The molecule has 27 heavy (non-hydrogen) atoms. The number of nitrogens with one attached hydrogen (secondary N) is 1. The van der Waals surface area contributed by atoms with E-state index in [1.165, 1.54) is 0 Å². The molecule has 1 amide bonds. The first-order chi connectivity index (χ1) is 13.1. The lowest BCUT2D eigenvalue weighted by atomic mass is 10.1. The Morgan fingerprint density at radius 1 is 1.04 bits per heavy atom. The molecule has 3 aromatic rings. The molecule has 7 nitrogen and oxygen atoms in total. The highest BCUT2D eigenvalue weighted by Gasteiger charge is 2.16. The first-order valence-electron chi connectivity index (χ1n) is 8.70. The fourth-order valence-electron chi connectivity index (χ4n) is 2.47. The summed E-state index contributed by atoms with van der Waals surface area (Å²) in [4.78, 5) is 12.5. The third-order valence-electron chi connectivity index (χ3n) is 3.65. The highest BCUT2D eigenvalue weighted by molar-refractivity contribution is 6.05. The molecule has 0 aliphatic carbocycles. The number of nitrogens with zero attached hydrogens (tertiary/aromatic N) is 2. The summed E-state index contributed by atoms with van der Waals surface area (Å²) in [6.45, 7) is 6.40. The molecule has 7 heteroatoms. The van der Waals surface area contributed by atoms with E-state index in [-0.39, 0.29) is 17.8 Å². The summed E-state index contributed by atoms with van der Waals surface area (Å²) < 4.78 is 15.8. The molecule has 0 spiro atoms. The average Bonchev–Trinajstić information content (AvgIpc) is 3.11. The van der Waals surface area contributed by atoms with E-state index >= 15 is 0 Å². The van der Waals surface area contributed by atoms with Crippen molar-refractivity contribution in [2.45, 2.75) is 26.9 Å². The Morgan fingerprint density at radius 3 is 2.33 bits per heavy atom. The molecule has 0 fully saturated rings. The number of ether oxygens (including phenoxy) is 2. The predicted molar refractivity (Wildman–Crippen MR) is 101 cm³/mol. The predicted octanol–water partition coefficient (Wildman–Crippen LogP) is 4.17. The zero-order chi connectivity index (χ0) is 19.2. The molecule has 1 aromatic heterocycles. The van der Waals surface area contributed by atoms with Gasteiger partial charge in [-0.3, -0.25) is 4.79 Å². The summed E-state index contributed by atoms with van der Waals surface area (Å²) in [5.74, 6) is 1.41. The van der Waals surface area contributed by atoms with Gasteiger partial charge in [0.15, 0.2) is 5.69 Å². The van der Waals surface area contributed by atoms with Crippen molar-refractivity contribution >= 4 is 11.7 Å². The first-order valence-corrected chi connectivity index (χ1v) is 8.70. The minimum Gasteiger partial charge on any atom is -0.494 e. The summed E-state index contributed by atoms with van der Waals surface area (Å²) in [5, 5.41) is 10.4. The number of hydrogen-bond donors (Lipinski definition) is 1. The quantitative estimate of drug-likeness (QED) is 0.674. The van der Waals surface area contributed by atoms with E-state index in [2.05, 4.69) is 15.6 Å². The summed E-state index contributed by atoms with van der Waals surface area (Å²) in [5.41, 5.74) is 1.69. The number of carbonyl (C=O) groups excluding carboxylic acids is 1. The average molecular weight is 367 g/mol. The van der Waals surface area contributed by atoms with Gasteiger partial charge in [0, 0.05) is 11.1 Å². The van der Waals surface area contributed by atoms with Gasteiger partial charge in [0.2, 0.25) is 5.82 Å².